The van der Waals surface area contributed by atoms with Crippen molar-refractivity contribution in [2.75, 3.05) is 5.32 Å². The maximum atomic E-state index is 11.6. The number of aromatic amines is 1. The Labute approximate surface area is 153 Å². The molecule has 2 heterocycles. The molecule has 2 aromatic heterocycles. The maximum absolute atomic E-state index is 11.6. The quantitative estimate of drug-likeness (QED) is 0.476. The minimum atomic E-state index is -4.33. The lowest BCUT2D eigenvalue weighted by Gasteiger charge is -2.20. The second kappa shape index (κ2) is 6.94. The fraction of sp³-hybridized carbons (Fsp3) is 0.200. The summed E-state index contributed by atoms with van der Waals surface area (Å²) in [6.45, 7) is 1.68. The van der Waals surface area contributed by atoms with Crippen molar-refractivity contribution in [3.8, 4) is 11.1 Å². The van der Waals surface area contributed by atoms with Gasteiger partial charge in [0.2, 0.25) is 0 Å². The van der Waals surface area contributed by atoms with Gasteiger partial charge < -0.3 is 15.1 Å². The highest BCUT2D eigenvalue weighted by Crippen LogP contribution is 2.44. The molecule has 0 saturated carbocycles. The van der Waals surface area contributed by atoms with Crippen LogP contribution in [0.15, 0.2) is 30.6 Å². The number of pyridine rings is 1. The van der Waals surface area contributed by atoms with Crippen molar-refractivity contribution in [2.24, 2.45) is 0 Å². The van der Waals surface area contributed by atoms with Gasteiger partial charge in [-0.25, -0.2) is 4.98 Å². The molecule has 1 unspecified atom stereocenters. The van der Waals surface area contributed by atoms with Crippen LogP contribution in [0.2, 0.25) is 10.0 Å². The van der Waals surface area contributed by atoms with Gasteiger partial charge in [-0.3, -0.25) is 9.66 Å². The van der Waals surface area contributed by atoms with Crippen molar-refractivity contribution in [1.29, 1.82) is 0 Å². The third-order valence-electron chi connectivity index (χ3n) is 3.79. The zero-order chi connectivity index (χ0) is 18.2. The highest BCUT2D eigenvalue weighted by atomic mass is 35.5. The molecule has 0 aliphatic rings. The standard InChI is InChI=1S/C15H15Cl2N4O3P/c1-2-13(25(22,23)24)20-12-5-10(8-6-18-19-7-8)9-3-4-11(16)14(17)15(9)21-12/h3-7,13H,2H2,1H3,(H,18,19)(H,20,21)(H2,22,23,24). The summed E-state index contributed by atoms with van der Waals surface area (Å²) < 4.78 is 11.6. The molecule has 0 spiro atoms. The fourth-order valence-electron chi connectivity index (χ4n) is 2.54. The van der Waals surface area contributed by atoms with E-state index >= 15 is 0 Å². The molecule has 7 nitrogen and oxygen atoms in total. The molecule has 3 aromatic rings. The average molecular weight is 401 g/mol. The van der Waals surface area contributed by atoms with Crippen LogP contribution in [-0.4, -0.2) is 30.8 Å². The molecule has 0 aliphatic carbocycles. The van der Waals surface area contributed by atoms with Crippen molar-refractivity contribution >= 4 is 47.5 Å². The van der Waals surface area contributed by atoms with Crippen molar-refractivity contribution in [2.45, 2.75) is 19.1 Å². The Bertz CT molecular complexity index is 959. The van der Waals surface area contributed by atoms with E-state index in [9.17, 15) is 14.4 Å². The first kappa shape index (κ1) is 18.2. The molecule has 0 fully saturated rings. The van der Waals surface area contributed by atoms with Gasteiger partial charge in [0, 0.05) is 17.1 Å². The van der Waals surface area contributed by atoms with E-state index in [1.54, 1.807) is 37.5 Å². The minimum absolute atomic E-state index is 0.230. The Morgan fingerprint density at radius 1 is 1.36 bits per heavy atom. The van der Waals surface area contributed by atoms with Crippen LogP contribution in [0, 0.1) is 0 Å². The first-order chi connectivity index (χ1) is 11.8. The lowest BCUT2D eigenvalue weighted by atomic mass is 10.0. The van der Waals surface area contributed by atoms with Gasteiger partial charge in [-0.15, -0.1) is 0 Å². The van der Waals surface area contributed by atoms with E-state index in [0.29, 0.717) is 16.4 Å². The topological polar surface area (TPSA) is 111 Å². The number of hydrogen-bond donors (Lipinski definition) is 4. The summed E-state index contributed by atoms with van der Waals surface area (Å²) in [4.78, 5) is 23.3. The highest BCUT2D eigenvalue weighted by Gasteiger charge is 2.27. The first-order valence-electron chi connectivity index (χ1n) is 7.41. The van der Waals surface area contributed by atoms with Crippen LogP contribution in [0.5, 0.6) is 0 Å². The Kier molecular flexibility index (Phi) is 5.04. The fourth-order valence-corrected chi connectivity index (χ4v) is 3.68. The number of anilines is 1. The van der Waals surface area contributed by atoms with E-state index in [0.717, 1.165) is 16.5 Å². The van der Waals surface area contributed by atoms with E-state index in [-0.39, 0.29) is 11.4 Å². The van der Waals surface area contributed by atoms with Gasteiger partial charge in [0.1, 0.15) is 11.6 Å². The Morgan fingerprint density at radius 3 is 2.72 bits per heavy atom. The van der Waals surface area contributed by atoms with Crippen molar-refractivity contribution in [3.05, 3.63) is 40.6 Å². The van der Waals surface area contributed by atoms with E-state index in [4.69, 9.17) is 23.2 Å². The number of nitrogens with zero attached hydrogens (tertiary/aromatic N) is 2. The molecule has 25 heavy (non-hydrogen) atoms. The van der Waals surface area contributed by atoms with Gasteiger partial charge >= 0.3 is 7.60 Å². The molecule has 0 bridgehead atoms. The molecule has 0 radical (unpaired) electrons. The molecule has 0 amide bonds. The van der Waals surface area contributed by atoms with Crippen molar-refractivity contribution in [1.82, 2.24) is 15.2 Å². The average Bonchev–Trinajstić information content (AvgIpc) is 3.09. The maximum Gasteiger partial charge on any atom is 0.347 e. The summed E-state index contributed by atoms with van der Waals surface area (Å²) in [7, 11) is -4.33. The van der Waals surface area contributed by atoms with E-state index in [1.165, 1.54) is 0 Å². The lowest BCUT2D eigenvalue weighted by Crippen LogP contribution is -2.19. The van der Waals surface area contributed by atoms with Crippen LogP contribution in [-0.2, 0) is 4.57 Å². The molecular weight excluding hydrogens is 386 g/mol. The van der Waals surface area contributed by atoms with Gasteiger partial charge in [-0.1, -0.05) is 36.2 Å². The molecule has 1 aromatic carbocycles. The number of hydrogen-bond acceptors (Lipinski definition) is 4. The normalized spacial score (nSPS) is 13.2. The molecule has 0 aliphatic heterocycles. The molecule has 10 heteroatoms. The second-order valence-electron chi connectivity index (χ2n) is 5.46. The number of fused-ring (bicyclic) bond motifs is 1. The van der Waals surface area contributed by atoms with Crippen LogP contribution in [0.1, 0.15) is 13.3 Å². The van der Waals surface area contributed by atoms with Gasteiger partial charge in [0.05, 0.1) is 21.8 Å². The molecule has 1 atom stereocenters. The predicted octanol–water partition coefficient (Wildman–Crippen LogP) is 4.26. The lowest BCUT2D eigenvalue weighted by molar-refractivity contribution is 0.360. The summed E-state index contributed by atoms with van der Waals surface area (Å²) in [6.07, 6.45) is 3.58. The molecule has 4 N–H and O–H groups in total. The number of aromatic nitrogens is 3. The van der Waals surface area contributed by atoms with Gasteiger partial charge in [0.15, 0.2) is 0 Å². The zero-order valence-corrected chi connectivity index (χ0v) is 15.5. The summed E-state index contributed by atoms with van der Waals surface area (Å²) >= 11 is 12.4. The summed E-state index contributed by atoms with van der Waals surface area (Å²) in [5.41, 5.74) is 1.99. The number of nitrogens with one attached hydrogen (secondary N) is 2. The Hall–Kier alpha value is -1.63. The molecule has 0 saturated heterocycles. The third-order valence-corrected chi connectivity index (χ3v) is 5.89. The monoisotopic (exact) mass is 400 g/mol. The number of benzene rings is 1. The first-order valence-corrected chi connectivity index (χ1v) is 9.84. The molecule has 3 rings (SSSR count). The molecule has 132 valence electrons. The predicted molar refractivity (Wildman–Crippen MR) is 99.1 cm³/mol. The third kappa shape index (κ3) is 3.66. The van der Waals surface area contributed by atoms with Crippen LogP contribution in [0.25, 0.3) is 22.0 Å². The smallest absolute Gasteiger partial charge is 0.347 e. The Balaban J connectivity index is 2.20. The number of H-pyrrole nitrogens is 1. The van der Waals surface area contributed by atoms with E-state index in [2.05, 4.69) is 20.5 Å². The SMILES string of the molecule is CCC(Nc1cc(-c2cn[nH]c2)c2ccc(Cl)c(Cl)c2n1)P(=O)(O)O. The van der Waals surface area contributed by atoms with Crippen LogP contribution < -0.4 is 5.32 Å². The number of rotatable bonds is 5. The summed E-state index contributed by atoms with van der Waals surface area (Å²) in [5.74, 6) is -0.754. The van der Waals surface area contributed by atoms with E-state index in [1.807, 2.05) is 0 Å². The number of halogens is 2. The summed E-state index contributed by atoms with van der Waals surface area (Å²) in [6, 6.07) is 5.17. The van der Waals surface area contributed by atoms with Gasteiger partial charge in [0.25, 0.3) is 0 Å². The minimum Gasteiger partial charge on any atom is -0.356 e. The highest BCUT2D eigenvalue weighted by molar-refractivity contribution is 7.52. The van der Waals surface area contributed by atoms with Crippen LogP contribution in [0.4, 0.5) is 5.82 Å². The molecular formula is C15H15Cl2N4O3P. The van der Waals surface area contributed by atoms with Crippen LogP contribution in [0.3, 0.4) is 0 Å². The Morgan fingerprint density at radius 2 is 2.12 bits per heavy atom. The van der Waals surface area contributed by atoms with Gasteiger partial charge in [-0.2, -0.15) is 5.10 Å². The summed E-state index contributed by atoms with van der Waals surface area (Å²) in [5, 5.41) is 10.9. The largest absolute Gasteiger partial charge is 0.356 e. The van der Waals surface area contributed by atoms with Crippen LogP contribution >= 0.6 is 30.8 Å². The van der Waals surface area contributed by atoms with E-state index < -0.39 is 13.4 Å². The van der Waals surface area contributed by atoms with Crippen molar-refractivity contribution in [3.63, 3.8) is 0 Å². The second-order valence-corrected chi connectivity index (χ2v) is 8.04. The van der Waals surface area contributed by atoms with Gasteiger partial charge in [-0.05, 0) is 24.1 Å². The zero-order valence-electron chi connectivity index (χ0n) is 13.1. The van der Waals surface area contributed by atoms with Crippen molar-refractivity contribution < 1.29 is 14.4 Å².